The number of benzene rings is 1. The predicted molar refractivity (Wildman–Crippen MR) is 123 cm³/mol. The van der Waals surface area contributed by atoms with E-state index in [4.69, 9.17) is 10.5 Å². The van der Waals surface area contributed by atoms with Crippen LogP contribution in [0, 0.1) is 11.3 Å². The Morgan fingerprint density at radius 2 is 1.94 bits per heavy atom. The van der Waals surface area contributed by atoms with Gasteiger partial charge in [0.05, 0.1) is 12.0 Å². The van der Waals surface area contributed by atoms with Crippen molar-refractivity contribution in [3.8, 4) is 0 Å². The van der Waals surface area contributed by atoms with Gasteiger partial charge in [0.25, 0.3) is 0 Å². The van der Waals surface area contributed by atoms with Crippen LogP contribution < -0.4 is 11.1 Å². The van der Waals surface area contributed by atoms with Crippen molar-refractivity contribution in [2.75, 3.05) is 13.7 Å². The molecule has 0 fully saturated rings. The minimum atomic E-state index is -0.739. The van der Waals surface area contributed by atoms with Crippen molar-refractivity contribution < 1.29 is 19.4 Å². The van der Waals surface area contributed by atoms with Crippen LogP contribution in [0.1, 0.15) is 81.8 Å². The molecule has 4 N–H and O–H groups in total. The number of carboxylic acid groups (broad SMARTS) is 1. The van der Waals surface area contributed by atoms with Crippen LogP contribution in [0.25, 0.3) is 0 Å². The second-order valence-electron chi connectivity index (χ2n) is 10.1. The monoisotopic (exact) mass is 432 g/mol. The highest BCUT2D eigenvalue weighted by molar-refractivity contribution is 5.93. The second-order valence-corrected chi connectivity index (χ2v) is 10.1. The molecule has 0 bridgehead atoms. The normalized spacial score (nSPS) is 21.4. The first-order valence-electron chi connectivity index (χ1n) is 11.4. The summed E-state index contributed by atoms with van der Waals surface area (Å²) in [5.41, 5.74) is 8.18. The number of rotatable bonds is 10. The number of carbonyl (C=O) groups excluding carboxylic acids is 1. The molecule has 1 aliphatic carbocycles. The first-order valence-corrected chi connectivity index (χ1v) is 11.4. The number of hydrogen-bond acceptors (Lipinski definition) is 4. The van der Waals surface area contributed by atoms with Crippen LogP contribution in [0.5, 0.6) is 0 Å². The van der Waals surface area contributed by atoms with Gasteiger partial charge in [-0.15, -0.1) is 0 Å². The molecule has 0 aromatic heterocycles. The van der Waals surface area contributed by atoms with Crippen LogP contribution in [0.4, 0.5) is 0 Å². The molecule has 3 unspecified atom stereocenters. The van der Waals surface area contributed by atoms with Gasteiger partial charge in [-0.1, -0.05) is 40.7 Å². The van der Waals surface area contributed by atoms with Crippen molar-refractivity contribution in [1.82, 2.24) is 5.32 Å². The average molecular weight is 433 g/mol. The van der Waals surface area contributed by atoms with Crippen molar-refractivity contribution in [1.29, 1.82) is 0 Å². The van der Waals surface area contributed by atoms with Gasteiger partial charge in [0.2, 0.25) is 5.91 Å². The zero-order valence-electron chi connectivity index (χ0n) is 20.0. The van der Waals surface area contributed by atoms with Crippen LogP contribution >= 0.6 is 0 Å². The number of primary amides is 1. The van der Waals surface area contributed by atoms with Gasteiger partial charge in [0.1, 0.15) is 0 Å². The van der Waals surface area contributed by atoms with E-state index < -0.39 is 11.9 Å². The number of amides is 1. The Hall–Kier alpha value is -1.92. The fourth-order valence-electron chi connectivity index (χ4n) is 5.31. The number of ether oxygens (including phenoxy) is 1. The smallest absolute Gasteiger partial charge is 0.306 e. The van der Waals surface area contributed by atoms with Crippen LogP contribution in [0.2, 0.25) is 0 Å². The molecule has 1 aliphatic rings. The molecule has 0 aliphatic heterocycles. The highest BCUT2D eigenvalue weighted by atomic mass is 16.5. The Morgan fingerprint density at radius 1 is 1.29 bits per heavy atom. The van der Waals surface area contributed by atoms with Gasteiger partial charge in [-0.05, 0) is 60.9 Å². The Labute approximate surface area is 186 Å². The molecule has 2 rings (SSSR count). The maximum atomic E-state index is 11.8. The van der Waals surface area contributed by atoms with E-state index in [1.165, 1.54) is 5.56 Å². The third-order valence-electron chi connectivity index (χ3n) is 6.95. The zero-order valence-corrected chi connectivity index (χ0v) is 20.0. The summed E-state index contributed by atoms with van der Waals surface area (Å²) in [5.74, 6) is -1.55. The molecule has 0 heterocycles. The van der Waals surface area contributed by atoms with E-state index in [0.717, 1.165) is 24.8 Å². The van der Waals surface area contributed by atoms with Gasteiger partial charge in [-0.25, -0.2) is 0 Å². The SMILES string of the molecule is CCC1(CC)c2cc(C(N)=O)ccc2CC(OC)C1NCCC(CC(C)(C)C)C(=O)O. The molecule has 0 saturated carbocycles. The van der Waals surface area contributed by atoms with E-state index in [9.17, 15) is 14.7 Å². The van der Waals surface area contributed by atoms with Crippen molar-refractivity contribution in [2.24, 2.45) is 17.1 Å². The summed E-state index contributed by atoms with van der Waals surface area (Å²) in [6.45, 7) is 11.2. The maximum absolute atomic E-state index is 11.8. The molecule has 0 radical (unpaired) electrons. The molecule has 0 saturated heterocycles. The molecule has 1 aromatic carbocycles. The number of hydrogen-bond donors (Lipinski definition) is 3. The Balaban J connectivity index is 2.32. The number of fused-ring (bicyclic) bond motifs is 1. The van der Waals surface area contributed by atoms with Crippen molar-refractivity contribution in [3.05, 3.63) is 34.9 Å². The minimum Gasteiger partial charge on any atom is -0.481 e. The Bertz CT molecular complexity index is 780. The molecule has 6 heteroatoms. The minimum absolute atomic E-state index is 0.0206. The van der Waals surface area contributed by atoms with Crippen molar-refractivity contribution in [3.63, 3.8) is 0 Å². The lowest BCUT2D eigenvalue weighted by molar-refractivity contribution is -0.143. The van der Waals surface area contributed by atoms with E-state index in [0.29, 0.717) is 24.9 Å². The number of carboxylic acids is 1. The van der Waals surface area contributed by atoms with Crippen LogP contribution in [-0.2, 0) is 21.4 Å². The van der Waals surface area contributed by atoms with Crippen LogP contribution in [0.15, 0.2) is 18.2 Å². The van der Waals surface area contributed by atoms with Gasteiger partial charge in [0, 0.05) is 30.6 Å². The van der Waals surface area contributed by atoms with E-state index in [1.807, 2.05) is 12.1 Å². The lowest BCUT2D eigenvalue weighted by Gasteiger charge is -2.49. The lowest BCUT2D eigenvalue weighted by atomic mass is 9.62. The van der Waals surface area contributed by atoms with E-state index >= 15 is 0 Å². The molecule has 1 aromatic rings. The zero-order chi connectivity index (χ0) is 23.4. The summed E-state index contributed by atoms with van der Waals surface area (Å²) in [6.07, 6.45) is 3.67. The molecular weight excluding hydrogens is 392 g/mol. The maximum Gasteiger partial charge on any atom is 0.306 e. The predicted octanol–water partition coefficient (Wildman–Crippen LogP) is 3.90. The third-order valence-corrected chi connectivity index (χ3v) is 6.95. The molecular formula is C25H40N2O4. The highest BCUT2D eigenvalue weighted by Crippen LogP contribution is 2.44. The largest absolute Gasteiger partial charge is 0.481 e. The van der Waals surface area contributed by atoms with Crippen LogP contribution in [-0.4, -0.2) is 42.8 Å². The number of methoxy groups -OCH3 is 1. The van der Waals surface area contributed by atoms with Crippen molar-refractivity contribution in [2.45, 2.75) is 84.3 Å². The third kappa shape index (κ3) is 5.66. The number of carbonyl (C=O) groups is 2. The summed E-state index contributed by atoms with van der Waals surface area (Å²) in [4.78, 5) is 23.6. The quantitative estimate of drug-likeness (QED) is 0.520. The van der Waals surface area contributed by atoms with Gasteiger partial charge in [-0.2, -0.15) is 0 Å². The number of nitrogens with two attached hydrogens (primary N) is 1. The Kier molecular flexibility index (Phi) is 8.28. The number of nitrogens with one attached hydrogen (secondary N) is 1. The van der Waals surface area contributed by atoms with E-state index in [-0.39, 0.29) is 28.9 Å². The summed E-state index contributed by atoms with van der Waals surface area (Å²) in [6, 6.07) is 5.76. The molecule has 6 nitrogen and oxygen atoms in total. The summed E-state index contributed by atoms with van der Waals surface area (Å²) < 4.78 is 5.91. The molecule has 31 heavy (non-hydrogen) atoms. The van der Waals surface area contributed by atoms with E-state index in [1.54, 1.807) is 13.2 Å². The molecule has 0 spiro atoms. The first-order chi connectivity index (χ1) is 14.5. The van der Waals surface area contributed by atoms with Gasteiger partial charge in [0.15, 0.2) is 0 Å². The first kappa shape index (κ1) is 25.3. The van der Waals surface area contributed by atoms with E-state index in [2.05, 4.69) is 39.9 Å². The summed E-state index contributed by atoms with van der Waals surface area (Å²) in [5, 5.41) is 13.4. The molecule has 3 atom stereocenters. The van der Waals surface area contributed by atoms with Gasteiger partial charge >= 0.3 is 5.97 Å². The number of aliphatic carboxylic acids is 1. The summed E-state index contributed by atoms with van der Waals surface area (Å²) in [7, 11) is 1.73. The van der Waals surface area contributed by atoms with Gasteiger partial charge in [-0.3, -0.25) is 9.59 Å². The summed E-state index contributed by atoms with van der Waals surface area (Å²) >= 11 is 0. The molecule has 174 valence electrons. The molecule has 1 amide bonds. The highest BCUT2D eigenvalue weighted by Gasteiger charge is 2.46. The average Bonchev–Trinajstić information content (AvgIpc) is 2.70. The topological polar surface area (TPSA) is 102 Å². The second kappa shape index (κ2) is 10.1. The van der Waals surface area contributed by atoms with Crippen molar-refractivity contribution >= 4 is 11.9 Å². The standard InChI is InChI=1S/C25H40N2O4/c1-7-25(8-2)19-13-17(22(26)28)10-9-16(19)14-20(31-6)21(25)27-12-11-18(23(29)30)15-24(3,4)5/h9-10,13,18,20-21,27H,7-8,11-12,14-15H2,1-6H3,(H2,26,28)(H,29,30). The fourth-order valence-corrected chi connectivity index (χ4v) is 5.31. The lowest BCUT2D eigenvalue weighted by Crippen LogP contribution is -2.59. The fraction of sp³-hybridized carbons (Fsp3) is 0.680. The Morgan fingerprint density at radius 3 is 2.42 bits per heavy atom. The van der Waals surface area contributed by atoms with Crippen LogP contribution in [0.3, 0.4) is 0 Å². The van der Waals surface area contributed by atoms with Gasteiger partial charge < -0.3 is 20.9 Å².